The van der Waals surface area contributed by atoms with Gasteiger partial charge in [0.2, 0.25) is 5.36 Å². The minimum atomic E-state index is -1.08. The zero-order valence-corrected chi connectivity index (χ0v) is 28.9. The van der Waals surface area contributed by atoms with Gasteiger partial charge in [-0.1, -0.05) is 66.7 Å². The lowest BCUT2D eigenvalue weighted by atomic mass is 9.73. The standard InChI is InChI=1S/C43H41N2O5/c1-5-44(6-2)28-21-23-34-38(25-28)48-39-26-29(45(7-3)8-4)22-24-35(39)40(34)30-15-9-10-16-31(30)42(46)47-27-43-36-19-13-11-17-32(36)41(49-50-43)33-18-12-14-20-37(33)43/h9-26,41H,5-8,27H2,1-4H3/q+1. The Morgan fingerprint density at radius 3 is 2.16 bits per heavy atom. The monoisotopic (exact) mass is 665 g/mol. The molecule has 7 heteroatoms. The number of carbonyl (C=O) groups is 1. The maximum atomic E-state index is 14.3. The molecule has 0 spiro atoms. The Hall–Kier alpha value is -5.24. The van der Waals surface area contributed by atoms with Crippen molar-refractivity contribution >= 4 is 22.6 Å². The van der Waals surface area contributed by atoms with Crippen LogP contribution >= 0.6 is 0 Å². The van der Waals surface area contributed by atoms with E-state index < -0.39 is 11.6 Å². The molecule has 2 bridgehead atoms. The molecule has 7 nitrogen and oxygen atoms in total. The van der Waals surface area contributed by atoms with Crippen molar-refractivity contribution in [3.63, 3.8) is 0 Å². The van der Waals surface area contributed by atoms with Gasteiger partial charge in [0.15, 0.2) is 5.60 Å². The Morgan fingerprint density at radius 1 is 0.780 bits per heavy atom. The van der Waals surface area contributed by atoms with E-state index in [0.717, 1.165) is 92.9 Å². The Labute approximate surface area is 292 Å². The zero-order valence-electron chi connectivity index (χ0n) is 28.9. The van der Waals surface area contributed by atoms with Crippen molar-refractivity contribution in [1.82, 2.24) is 4.58 Å². The van der Waals surface area contributed by atoms with Gasteiger partial charge in [0.1, 0.15) is 37.1 Å². The molecule has 3 aliphatic heterocycles. The summed E-state index contributed by atoms with van der Waals surface area (Å²) in [4.78, 5) is 28.7. The van der Waals surface area contributed by atoms with Crippen LogP contribution in [0.3, 0.4) is 0 Å². The van der Waals surface area contributed by atoms with Crippen LogP contribution < -0.4 is 14.8 Å². The number of hydrogen-bond donors (Lipinski definition) is 0. The molecule has 0 saturated heterocycles. The maximum absolute atomic E-state index is 14.3. The van der Waals surface area contributed by atoms with Gasteiger partial charge in [-0.3, -0.25) is 0 Å². The summed E-state index contributed by atoms with van der Waals surface area (Å²) in [6.07, 6.45) is -0.324. The first kappa shape index (κ1) is 32.0. The number of anilines is 1. The number of rotatable bonds is 9. The Kier molecular flexibility index (Phi) is 8.25. The molecular formula is C43H41N2O5+. The lowest BCUT2D eigenvalue weighted by Gasteiger charge is -2.46. The first-order valence-corrected chi connectivity index (χ1v) is 17.6. The number of fused-ring (bicyclic) bond motifs is 3. The van der Waals surface area contributed by atoms with Crippen molar-refractivity contribution in [2.75, 3.05) is 37.7 Å². The fourth-order valence-corrected chi connectivity index (χ4v) is 7.86. The molecule has 4 aromatic rings. The second-order valence-electron chi connectivity index (χ2n) is 12.9. The summed E-state index contributed by atoms with van der Waals surface area (Å²) in [5, 5.41) is 2.02. The molecule has 252 valence electrons. The van der Waals surface area contributed by atoms with Crippen LogP contribution in [0, 0.1) is 0 Å². The lowest BCUT2D eigenvalue weighted by molar-refractivity contribution is -0.401. The third-order valence-corrected chi connectivity index (χ3v) is 10.4. The van der Waals surface area contributed by atoms with E-state index in [2.05, 4.69) is 85.7 Å². The number of nitrogens with zero attached hydrogens (tertiary/aromatic N) is 2. The van der Waals surface area contributed by atoms with Crippen molar-refractivity contribution in [2.45, 2.75) is 39.4 Å². The predicted molar refractivity (Wildman–Crippen MR) is 196 cm³/mol. The van der Waals surface area contributed by atoms with E-state index in [9.17, 15) is 4.79 Å². The Morgan fingerprint density at radius 2 is 1.46 bits per heavy atom. The van der Waals surface area contributed by atoms with Gasteiger partial charge in [0.05, 0.1) is 11.6 Å². The van der Waals surface area contributed by atoms with E-state index in [-0.39, 0.29) is 12.7 Å². The second kappa shape index (κ2) is 12.9. The molecule has 3 heterocycles. The minimum Gasteiger partial charge on any atom is -0.458 e. The quantitative estimate of drug-likeness (QED) is 0.0670. The summed E-state index contributed by atoms with van der Waals surface area (Å²) in [5.41, 5.74) is 7.80. The van der Waals surface area contributed by atoms with Crippen LogP contribution in [0.25, 0.3) is 33.4 Å². The Bertz CT molecular complexity index is 2230. The van der Waals surface area contributed by atoms with Crippen LogP contribution in [0.15, 0.2) is 114 Å². The van der Waals surface area contributed by atoms with Gasteiger partial charge in [-0.15, -0.1) is 0 Å². The summed E-state index contributed by atoms with van der Waals surface area (Å²) < 4.78 is 15.3. The number of ether oxygens (including phenoxy) is 1. The number of benzene rings is 5. The highest BCUT2D eigenvalue weighted by molar-refractivity contribution is 6.08. The van der Waals surface area contributed by atoms with Crippen molar-refractivity contribution in [2.24, 2.45) is 0 Å². The van der Waals surface area contributed by atoms with Crippen LogP contribution in [-0.4, -0.2) is 38.8 Å². The van der Waals surface area contributed by atoms with E-state index in [0.29, 0.717) is 5.56 Å². The molecule has 0 N–H and O–H groups in total. The molecule has 0 atom stereocenters. The maximum Gasteiger partial charge on any atom is 0.338 e. The second-order valence-corrected chi connectivity index (χ2v) is 12.9. The smallest absolute Gasteiger partial charge is 0.338 e. The van der Waals surface area contributed by atoms with Crippen LogP contribution in [0.5, 0.6) is 0 Å². The number of carbonyl (C=O) groups excluding carboxylic acids is 1. The first-order valence-electron chi connectivity index (χ1n) is 17.6. The predicted octanol–water partition coefficient (Wildman–Crippen LogP) is 8.33. The Balaban J connectivity index is 1.25. The van der Waals surface area contributed by atoms with E-state index in [1.54, 1.807) is 0 Å². The molecule has 0 saturated carbocycles. The first-order chi connectivity index (χ1) is 24.5. The van der Waals surface area contributed by atoms with Gasteiger partial charge >= 0.3 is 5.97 Å². The van der Waals surface area contributed by atoms with Gasteiger partial charge < -0.3 is 14.1 Å². The lowest BCUT2D eigenvalue weighted by Crippen LogP contribution is -2.47. The zero-order chi connectivity index (χ0) is 34.4. The van der Waals surface area contributed by atoms with Crippen molar-refractivity contribution in [3.05, 3.63) is 142 Å². The van der Waals surface area contributed by atoms with E-state index in [1.165, 1.54) is 0 Å². The largest absolute Gasteiger partial charge is 0.458 e. The van der Waals surface area contributed by atoms with Crippen LogP contribution in [0.1, 0.15) is 66.4 Å². The van der Waals surface area contributed by atoms with Crippen molar-refractivity contribution in [3.8, 4) is 22.5 Å². The van der Waals surface area contributed by atoms with Gasteiger partial charge in [-0.05, 0) is 68.7 Å². The van der Waals surface area contributed by atoms with Gasteiger partial charge in [-0.25, -0.2) is 19.1 Å². The van der Waals surface area contributed by atoms with E-state index in [1.807, 2.05) is 60.7 Å². The van der Waals surface area contributed by atoms with Crippen LogP contribution in [0.4, 0.5) is 5.69 Å². The average molecular weight is 666 g/mol. The third-order valence-electron chi connectivity index (χ3n) is 10.4. The normalized spacial score (nSPS) is 17.4. The highest BCUT2D eigenvalue weighted by Gasteiger charge is 2.52. The molecule has 0 amide bonds. The SMILES string of the molecule is CCN(CC)c1ccc2c(-c3ccccc3C(=O)OCC34OOC(c5ccccc53)c3ccccc34)c3ccc(=[N+](CC)CC)cc-3oc2c1. The fourth-order valence-electron chi connectivity index (χ4n) is 7.86. The van der Waals surface area contributed by atoms with Gasteiger partial charge in [-0.2, -0.15) is 0 Å². The van der Waals surface area contributed by atoms with E-state index >= 15 is 0 Å². The molecule has 5 aliphatic rings. The molecule has 0 aromatic heterocycles. The summed E-state index contributed by atoms with van der Waals surface area (Å²) in [6, 6.07) is 36.5. The van der Waals surface area contributed by atoms with Crippen molar-refractivity contribution in [1.29, 1.82) is 0 Å². The highest BCUT2D eigenvalue weighted by atomic mass is 17.2. The fraction of sp³-hybridized carbons (Fsp3) is 0.256. The summed E-state index contributed by atoms with van der Waals surface area (Å²) in [5.74, 6) is 0.316. The average Bonchev–Trinajstić information content (AvgIpc) is 3.17. The number of esters is 1. The van der Waals surface area contributed by atoms with E-state index in [4.69, 9.17) is 18.9 Å². The molecule has 4 aromatic carbocycles. The molecular weight excluding hydrogens is 624 g/mol. The summed E-state index contributed by atoms with van der Waals surface area (Å²) in [7, 11) is 0. The third kappa shape index (κ3) is 5.03. The van der Waals surface area contributed by atoms with Crippen LogP contribution in [0.2, 0.25) is 0 Å². The van der Waals surface area contributed by atoms with Gasteiger partial charge in [0, 0.05) is 58.5 Å². The van der Waals surface area contributed by atoms with Crippen molar-refractivity contribution < 1.29 is 23.7 Å². The summed E-state index contributed by atoms with van der Waals surface area (Å²) >= 11 is 0. The molecule has 0 unspecified atom stereocenters. The van der Waals surface area contributed by atoms with Gasteiger partial charge in [0.25, 0.3) is 0 Å². The minimum absolute atomic E-state index is 0.0486. The molecule has 50 heavy (non-hydrogen) atoms. The number of hydrogen-bond acceptors (Lipinski definition) is 6. The summed E-state index contributed by atoms with van der Waals surface area (Å²) in [6.45, 7) is 12.1. The molecule has 0 fully saturated rings. The highest BCUT2D eigenvalue weighted by Crippen LogP contribution is 2.53. The molecule has 0 radical (unpaired) electrons. The van der Waals surface area contributed by atoms with Crippen LogP contribution in [-0.2, 0) is 20.1 Å². The topological polar surface area (TPSA) is 64.2 Å². The molecule has 2 aliphatic carbocycles. The molecule has 9 rings (SSSR count).